The predicted octanol–water partition coefficient (Wildman–Crippen LogP) is 8.32. The van der Waals surface area contributed by atoms with Crippen molar-refractivity contribution in [3.8, 4) is 11.1 Å². The minimum Gasteiger partial charge on any atom is -0.321 e. The first kappa shape index (κ1) is 22.1. The summed E-state index contributed by atoms with van der Waals surface area (Å²) in [5, 5.41) is 3.28. The van der Waals surface area contributed by atoms with Crippen LogP contribution in [0.15, 0.2) is 79.4 Å². The SMILES string of the molecule is C=C(c1cc(-c2ccccc2)cc(C(C)C)c1NC(=O)c1ccccc1)C1CCCCC1. The van der Waals surface area contributed by atoms with Gasteiger partial charge in [-0.05, 0) is 71.2 Å². The lowest BCUT2D eigenvalue weighted by atomic mass is 9.79. The van der Waals surface area contributed by atoms with Gasteiger partial charge >= 0.3 is 0 Å². The lowest BCUT2D eigenvalue weighted by molar-refractivity contribution is 0.102. The Morgan fingerprint density at radius 1 is 0.875 bits per heavy atom. The van der Waals surface area contributed by atoms with Crippen LogP contribution >= 0.6 is 0 Å². The molecule has 0 spiro atoms. The van der Waals surface area contributed by atoms with E-state index in [0.717, 1.165) is 22.4 Å². The van der Waals surface area contributed by atoms with Crippen LogP contribution in [-0.4, -0.2) is 5.91 Å². The van der Waals surface area contributed by atoms with Crippen LogP contribution < -0.4 is 5.32 Å². The Hall–Kier alpha value is -3.13. The van der Waals surface area contributed by atoms with Crippen molar-refractivity contribution in [1.29, 1.82) is 0 Å². The molecule has 1 aliphatic carbocycles. The van der Waals surface area contributed by atoms with E-state index in [1.54, 1.807) is 0 Å². The fraction of sp³-hybridized carbons (Fsp3) is 0.300. The van der Waals surface area contributed by atoms with Gasteiger partial charge in [0.25, 0.3) is 5.91 Å². The van der Waals surface area contributed by atoms with Gasteiger partial charge in [0.15, 0.2) is 0 Å². The molecule has 0 atom stereocenters. The molecule has 2 nitrogen and oxygen atoms in total. The quantitative estimate of drug-likeness (QED) is 0.424. The monoisotopic (exact) mass is 423 g/mol. The highest BCUT2D eigenvalue weighted by Crippen LogP contribution is 2.42. The van der Waals surface area contributed by atoms with Gasteiger partial charge in [-0.2, -0.15) is 0 Å². The number of rotatable bonds is 6. The molecule has 3 aromatic rings. The van der Waals surface area contributed by atoms with Gasteiger partial charge in [0.2, 0.25) is 0 Å². The molecule has 1 saturated carbocycles. The van der Waals surface area contributed by atoms with Crippen LogP contribution in [0.2, 0.25) is 0 Å². The van der Waals surface area contributed by atoms with Crippen molar-refractivity contribution in [2.24, 2.45) is 5.92 Å². The summed E-state index contributed by atoms with van der Waals surface area (Å²) in [6.07, 6.45) is 6.17. The van der Waals surface area contributed by atoms with Crippen molar-refractivity contribution in [3.05, 3.63) is 96.1 Å². The Balaban J connectivity index is 1.83. The normalized spacial score (nSPS) is 14.3. The van der Waals surface area contributed by atoms with E-state index in [2.05, 4.69) is 62.1 Å². The minimum atomic E-state index is -0.0716. The predicted molar refractivity (Wildman–Crippen MR) is 136 cm³/mol. The maximum absolute atomic E-state index is 13.2. The molecule has 1 aliphatic rings. The summed E-state index contributed by atoms with van der Waals surface area (Å²) in [6, 6.07) is 24.4. The molecule has 164 valence electrons. The third kappa shape index (κ3) is 4.85. The van der Waals surface area contributed by atoms with Gasteiger partial charge < -0.3 is 5.32 Å². The van der Waals surface area contributed by atoms with Gasteiger partial charge in [-0.15, -0.1) is 0 Å². The Morgan fingerprint density at radius 2 is 1.50 bits per heavy atom. The lowest BCUT2D eigenvalue weighted by Crippen LogP contribution is -2.17. The van der Waals surface area contributed by atoms with Crippen molar-refractivity contribution < 1.29 is 4.79 Å². The maximum atomic E-state index is 13.2. The highest BCUT2D eigenvalue weighted by Gasteiger charge is 2.24. The summed E-state index contributed by atoms with van der Waals surface area (Å²) in [7, 11) is 0. The maximum Gasteiger partial charge on any atom is 0.255 e. The Labute approximate surface area is 192 Å². The fourth-order valence-corrected chi connectivity index (χ4v) is 4.76. The standard InChI is InChI=1S/C30H33NO/c1-21(2)27-19-26(24-15-9-5-10-16-24)20-28(22(3)23-13-7-4-8-14-23)29(27)31-30(32)25-17-11-6-12-18-25/h5-6,9-12,15-21,23H,3-4,7-8,13-14H2,1-2H3,(H,31,32). The lowest BCUT2D eigenvalue weighted by Gasteiger charge is -2.28. The summed E-state index contributed by atoms with van der Waals surface area (Å²) in [4.78, 5) is 13.2. The zero-order valence-corrected chi connectivity index (χ0v) is 19.2. The molecule has 0 aromatic heterocycles. The number of amides is 1. The van der Waals surface area contributed by atoms with Crippen LogP contribution in [0, 0.1) is 5.92 Å². The number of carbonyl (C=O) groups is 1. The van der Waals surface area contributed by atoms with E-state index in [0.29, 0.717) is 11.5 Å². The van der Waals surface area contributed by atoms with Gasteiger partial charge in [-0.3, -0.25) is 4.79 Å². The Morgan fingerprint density at radius 3 is 2.12 bits per heavy atom. The van der Waals surface area contributed by atoms with Gasteiger partial charge in [0.05, 0.1) is 5.69 Å². The third-order valence-electron chi connectivity index (χ3n) is 6.62. The molecule has 0 aliphatic heterocycles. The van der Waals surface area contributed by atoms with Gasteiger partial charge in [0.1, 0.15) is 0 Å². The van der Waals surface area contributed by atoms with Crippen LogP contribution in [0.1, 0.15) is 73.4 Å². The molecule has 0 saturated heterocycles. The first-order valence-electron chi connectivity index (χ1n) is 11.8. The number of benzene rings is 3. The largest absolute Gasteiger partial charge is 0.321 e. The van der Waals surface area contributed by atoms with E-state index in [1.165, 1.54) is 43.2 Å². The molecule has 1 N–H and O–H groups in total. The van der Waals surface area contributed by atoms with Crippen LogP contribution in [0.3, 0.4) is 0 Å². The van der Waals surface area contributed by atoms with Crippen molar-refractivity contribution in [3.63, 3.8) is 0 Å². The minimum absolute atomic E-state index is 0.0716. The molecule has 0 unspecified atom stereocenters. The van der Waals surface area contributed by atoms with Crippen LogP contribution in [0.25, 0.3) is 16.7 Å². The van der Waals surface area contributed by atoms with E-state index in [4.69, 9.17) is 0 Å². The molecule has 0 heterocycles. The van der Waals surface area contributed by atoms with E-state index >= 15 is 0 Å². The van der Waals surface area contributed by atoms with Crippen molar-refractivity contribution >= 4 is 17.2 Å². The number of allylic oxidation sites excluding steroid dienone is 1. The molecule has 1 fully saturated rings. The molecule has 0 radical (unpaired) electrons. The van der Waals surface area contributed by atoms with E-state index < -0.39 is 0 Å². The first-order chi connectivity index (χ1) is 15.5. The smallest absolute Gasteiger partial charge is 0.255 e. The van der Waals surface area contributed by atoms with Crippen molar-refractivity contribution in [1.82, 2.24) is 0 Å². The molecule has 1 amide bonds. The second-order valence-corrected chi connectivity index (χ2v) is 9.19. The molecular weight excluding hydrogens is 390 g/mol. The summed E-state index contributed by atoms with van der Waals surface area (Å²) in [5.74, 6) is 0.669. The van der Waals surface area contributed by atoms with Gasteiger partial charge in [0, 0.05) is 11.1 Å². The highest BCUT2D eigenvalue weighted by atomic mass is 16.1. The summed E-state index contributed by atoms with van der Waals surface area (Å²) in [5.41, 5.74) is 7.36. The van der Waals surface area contributed by atoms with Crippen molar-refractivity contribution in [2.45, 2.75) is 51.9 Å². The average Bonchev–Trinajstić information content (AvgIpc) is 2.85. The average molecular weight is 424 g/mol. The van der Waals surface area contributed by atoms with E-state index in [9.17, 15) is 4.79 Å². The number of nitrogens with one attached hydrogen (secondary N) is 1. The first-order valence-corrected chi connectivity index (χ1v) is 11.8. The summed E-state index contributed by atoms with van der Waals surface area (Å²) in [6.45, 7) is 8.95. The molecule has 3 aromatic carbocycles. The van der Waals surface area contributed by atoms with Crippen LogP contribution in [0.5, 0.6) is 0 Å². The van der Waals surface area contributed by atoms with E-state index in [1.807, 2.05) is 36.4 Å². The highest BCUT2D eigenvalue weighted by molar-refractivity contribution is 6.06. The number of anilines is 1. The zero-order chi connectivity index (χ0) is 22.5. The fourth-order valence-electron chi connectivity index (χ4n) is 4.76. The molecule has 0 bridgehead atoms. The van der Waals surface area contributed by atoms with Gasteiger partial charge in [-0.1, -0.05) is 88.2 Å². The van der Waals surface area contributed by atoms with Crippen LogP contribution in [0.4, 0.5) is 5.69 Å². The molecule has 2 heteroatoms. The summed E-state index contributed by atoms with van der Waals surface area (Å²) < 4.78 is 0. The zero-order valence-electron chi connectivity index (χ0n) is 19.2. The Kier molecular flexibility index (Phi) is 6.90. The van der Waals surface area contributed by atoms with Gasteiger partial charge in [-0.25, -0.2) is 0 Å². The molecule has 4 rings (SSSR count). The second kappa shape index (κ2) is 9.99. The van der Waals surface area contributed by atoms with Crippen molar-refractivity contribution in [2.75, 3.05) is 5.32 Å². The third-order valence-corrected chi connectivity index (χ3v) is 6.62. The molecular formula is C30H33NO. The van der Waals surface area contributed by atoms with E-state index in [-0.39, 0.29) is 11.8 Å². The number of hydrogen-bond acceptors (Lipinski definition) is 1. The number of carbonyl (C=O) groups excluding carboxylic acids is 1. The summed E-state index contributed by atoms with van der Waals surface area (Å²) >= 11 is 0. The number of hydrogen-bond donors (Lipinski definition) is 1. The topological polar surface area (TPSA) is 29.1 Å². The molecule has 32 heavy (non-hydrogen) atoms. The second-order valence-electron chi connectivity index (χ2n) is 9.19. The van der Waals surface area contributed by atoms with Crippen LogP contribution in [-0.2, 0) is 0 Å². The Bertz CT molecular complexity index is 1080.